The van der Waals surface area contributed by atoms with Crippen molar-refractivity contribution in [3.05, 3.63) is 52.0 Å². The number of halogens is 1. The Morgan fingerprint density at radius 3 is 2.19 bits per heavy atom. The van der Waals surface area contributed by atoms with E-state index < -0.39 is 6.09 Å². The first-order valence-corrected chi connectivity index (χ1v) is 12.0. The number of thioether (sulfide) groups is 1. The van der Waals surface area contributed by atoms with E-state index in [4.69, 9.17) is 16.3 Å². The molecule has 0 bridgehead atoms. The van der Waals surface area contributed by atoms with E-state index in [2.05, 4.69) is 4.99 Å². The highest BCUT2D eigenvalue weighted by Crippen LogP contribution is 2.29. The fourth-order valence-corrected chi connectivity index (χ4v) is 4.55. The first kappa shape index (κ1) is 25.9. The Hall–Kier alpha value is -2.36. The smallest absolute Gasteiger partial charge is 0.410 e. The molecule has 2 rings (SSSR count). The van der Waals surface area contributed by atoms with Gasteiger partial charge >= 0.3 is 12.1 Å². The van der Waals surface area contributed by atoms with Gasteiger partial charge in [-0.2, -0.15) is 0 Å². The topological polar surface area (TPSA) is 65.5 Å². The molecule has 2 aromatic carbocycles. The number of carbonyl (C=O) groups excluding carboxylic acids is 2. The Labute approximate surface area is 203 Å². The second kappa shape index (κ2) is 11.5. The Bertz CT molecular complexity index is 1010. The highest BCUT2D eigenvalue weighted by atomic mass is 35.5. The van der Waals surface area contributed by atoms with Gasteiger partial charge in [0.1, 0.15) is 5.75 Å². The summed E-state index contributed by atoms with van der Waals surface area (Å²) in [5.74, 6) is 0.465. The summed E-state index contributed by atoms with van der Waals surface area (Å²) in [6.45, 7) is 5.84. The zero-order valence-corrected chi connectivity index (χ0v) is 21.6. The van der Waals surface area contributed by atoms with Crippen molar-refractivity contribution in [3.63, 3.8) is 0 Å². The van der Waals surface area contributed by atoms with Crippen molar-refractivity contribution in [1.82, 2.24) is 13.5 Å². The fraction of sp³-hybridized carbons (Fsp3) is 0.318. The summed E-state index contributed by atoms with van der Waals surface area (Å²) in [6.07, 6.45) is 2.85. The van der Waals surface area contributed by atoms with Crippen molar-refractivity contribution in [3.8, 4) is 5.75 Å². The van der Waals surface area contributed by atoms with Gasteiger partial charge in [0.2, 0.25) is 0 Å². The zero-order valence-electron chi connectivity index (χ0n) is 19.2. The molecule has 0 N–H and O–H groups in total. The third-order valence-corrected chi connectivity index (χ3v) is 6.53. The molecule has 0 heterocycles. The molecular formula is C22H27ClN4O3S2. The van der Waals surface area contributed by atoms with Gasteiger partial charge in [-0.3, -0.25) is 9.21 Å². The number of amides is 3. The molecule has 0 radical (unpaired) electrons. The molecule has 0 saturated heterocycles. The summed E-state index contributed by atoms with van der Waals surface area (Å²) < 4.78 is 8.04. The van der Waals surface area contributed by atoms with Crippen molar-refractivity contribution >= 4 is 59.6 Å². The summed E-state index contributed by atoms with van der Waals surface area (Å²) in [7, 11) is 4.69. The number of urea groups is 1. The quantitative estimate of drug-likeness (QED) is 0.203. The lowest BCUT2D eigenvalue weighted by Crippen LogP contribution is -2.37. The molecule has 3 amide bonds. The number of aryl methyl sites for hydroxylation is 3. The number of hydrogen-bond acceptors (Lipinski definition) is 6. The van der Waals surface area contributed by atoms with Crippen molar-refractivity contribution in [1.29, 1.82) is 0 Å². The fourth-order valence-electron chi connectivity index (χ4n) is 2.89. The minimum Gasteiger partial charge on any atom is -0.410 e. The third-order valence-electron chi connectivity index (χ3n) is 4.45. The van der Waals surface area contributed by atoms with Crippen molar-refractivity contribution in [2.24, 2.45) is 4.99 Å². The Morgan fingerprint density at radius 2 is 1.62 bits per heavy atom. The predicted octanol–water partition coefficient (Wildman–Crippen LogP) is 6.32. The van der Waals surface area contributed by atoms with E-state index in [0.29, 0.717) is 16.5 Å². The van der Waals surface area contributed by atoms with E-state index in [9.17, 15) is 9.59 Å². The number of carbonyl (C=O) groups is 2. The second-order valence-electron chi connectivity index (χ2n) is 7.10. The largest absolute Gasteiger partial charge is 0.426 e. The van der Waals surface area contributed by atoms with Crippen LogP contribution in [0.5, 0.6) is 5.75 Å². The van der Waals surface area contributed by atoms with Crippen molar-refractivity contribution < 1.29 is 14.3 Å². The average Bonchev–Trinajstić information content (AvgIpc) is 2.72. The molecule has 0 aliphatic rings. The number of aliphatic imine (C=N–C) groups is 1. The molecule has 172 valence electrons. The van der Waals surface area contributed by atoms with E-state index in [1.807, 2.05) is 39.2 Å². The molecule has 10 heteroatoms. The SMILES string of the molecule is CSc1c(C)cc(OC(=O)N(C)SN(C)C(=O)N(C)C=Nc2ccc(Cl)cc2C)cc1C. The molecule has 0 aliphatic carbocycles. The minimum atomic E-state index is -0.585. The van der Waals surface area contributed by atoms with E-state index >= 15 is 0 Å². The summed E-state index contributed by atoms with van der Waals surface area (Å²) >= 11 is 8.53. The highest BCUT2D eigenvalue weighted by molar-refractivity contribution is 7.98. The first-order chi connectivity index (χ1) is 15.0. The van der Waals surface area contributed by atoms with Gasteiger partial charge < -0.3 is 4.74 Å². The molecule has 0 spiro atoms. The maximum Gasteiger partial charge on any atom is 0.426 e. The van der Waals surface area contributed by atoms with Crippen LogP contribution in [0.4, 0.5) is 15.3 Å². The first-order valence-electron chi connectivity index (χ1n) is 9.63. The summed E-state index contributed by atoms with van der Waals surface area (Å²) in [5.41, 5.74) is 3.69. The molecule has 2 aromatic rings. The number of ether oxygens (including phenoxy) is 1. The van der Waals surface area contributed by atoms with Crippen LogP contribution in [0.1, 0.15) is 16.7 Å². The number of hydrogen-bond donors (Lipinski definition) is 0. The predicted molar refractivity (Wildman–Crippen MR) is 134 cm³/mol. The second-order valence-corrected chi connectivity index (χ2v) is 9.62. The monoisotopic (exact) mass is 494 g/mol. The number of nitrogens with zero attached hydrogens (tertiary/aromatic N) is 4. The van der Waals surface area contributed by atoms with Crippen LogP contribution in [0.15, 0.2) is 40.2 Å². The Kier molecular flexibility index (Phi) is 9.30. The standard InChI is InChI=1S/C22H27ClN4O3S2/c1-14-10-17(23)8-9-19(14)24-13-25(4)21(28)26(5)32-27(6)22(29)30-18-11-15(2)20(31-7)16(3)12-18/h8-13H,1-7H3. The van der Waals surface area contributed by atoms with E-state index in [1.54, 1.807) is 44.1 Å². The third kappa shape index (κ3) is 6.82. The lowest BCUT2D eigenvalue weighted by molar-refractivity contribution is 0.186. The van der Waals surface area contributed by atoms with Crippen LogP contribution in [-0.4, -0.2) is 59.4 Å². The summed E-state index contributed by atoms with van der Waals surface area (Å²) in [5, 5.41) is 0.627. The minimum absolute atomic E-state index is 0.360. The van der Waals surface area contributed by atoms with Crippen LogP contribution >= 0.6 is 35.5 Å². The van der Waals surface area contributed by atoms with E-state index in [1.165, 1.54) is 26.9 Å². The molecular weight excluding hydrogens is 468 g/mol. The summed E-state index contributed by atoms with van der Waals surface area (Å²) in [4.78, 5) is 31.9. The summed E-state index contributed by atoms with van der Waals surface area (Å²) in [6, 6.07) is 8.62. The van der Waals surface area contributed by atoms with E-state index in [-0.39, 0.29) is 6.03 Å². The van der Waals surface area contributed by atoms with Gasteiger partial charge in [-0.15, -0.1) is 11.8 Å². The van der Waals surface area contributed by atoms with Gasteiger partial charge in [0.15, 0.2) is 0 Å². The normalized spacial score (nSPS) is 10.9. The van der Waals surface area contributed by atoms with Gasteiger partial charge in [-0.25, -0.2) is 18.9 Å². The number of benzene rings is 2. The van der Waals surface area contributed by atoms with Crippen molar-refractivity contribution in [2.45, 2.75) is 25.7 Å². The molecule has 0 aliphatic heterocycles. The molecule has 0 saturated carbocycles. The van der Waals surface area contributed by atoms with Crippen LogP contribution in [0.25, 0.3) is 0 Å². The van der Waals surface area contributed by atoms with Crippen LogP contribution in [0.2, 0.25) is 5.02 Å². The van der Waals surface area contributed by atoms with Gasteiger partial charge in [0.05, 0.1) is 24.2 Å². The maximum atomic E-state index is 12.6. The molecule has 7 nitrogen and oxygen atoms in total. The highest BCUT2D eigenvalue weighted by Gasteiger charge is 2.21. The Balaban J connectivity index is 1.96. The van der Waals surface area contributed by atoms with Gasteiger partial charge in [0, 0.05) is 31.1 Å². The average molecular weight is 495 g/mol. The van der Waals surface area contributed by atoms with Crippen LogP contribution in [-0.2, 0) is 0 Å². The Morgan fingerprint density at radius 1 is 1.00 bits per heavy atom. The molecule has 0 atom stereocenters. The molecule has 0 fully saturated rings. The van der Waals surface area contributed by atoms with Crippen LogP contribution in [0.3, 0.4) is 0 Å². The van der Waals surface area contributed by atoms with Gasteiger partial charge in [-0.1, -0.05) is 11.6 Å². The molecule has 0 unspecified atom stereocenters. The van der Waals surface area contributed by atoms with Crippen molar-refractivity contribution in [2.75, 3.05) is 27.4 Å². The van der Waals surface area contributed by atoms with E-state index in [0.717, 1.165) is 33.7 Å². The van der Waals surface area contributed by atoms with Crippen LogP contribution < -0.4 is 4.74 Å². The lowest BCUT2D eigenvalue weighted by Gasteiger charge is -2.24. The number of rotatable bonds is 6. The van der Waals surface area contributed by atoms with Crippen LogP contribution in [0, 0.1) is 20.8 Å². The molecule has 32 heavy (non-hydrogen) atoms. The van der Waals surface area contributed by atoms with Gasteiger partial charge in [0.25, 0.3) is 0 Å². The maximum absolute atomic E-state index is 12.6. The lowest BCUT2D eigenvalue weighted by atomic mass is 10.1. The molecule has 0 aromatic heterocycles. The van der Waals surface area contributed by atoms with Gasteiger partial charge in [-0.05, 0) is 74.0 Å². The zero-order chi connectivity index (χ0) is 24.0.